The van der Waals surface area contributed by atoms with Crippen molar-refractivity contribution in [3.63, 3.8) is 0 Å². The first kappa shape index (κ1) is 20.1. The Balaban J connectivity index is 0.000000980. The minimum Gasteiger partial charge on any atom is -1.00 e. The Hall–Kier alpha value is -0.617. The second kappa shape index (κ2) is 7.78. The van der Waals surface area contributed by atoms with Crippen molar-refractivity contribution in [2.75, 3.05) is 0 Å². The summed E-state index contributed by atoms with van der Waals surface area (Å²) in [7, 11) is 0. The molecule has 5 rings (SSSR count). The molecule has 0 aliphatic heterocycles. The molecule has 3 aliphatic rings. The van der Waals surface area contributed by atoms with Gasteiger partial charge in [0.15, 0.2) is 0 Å². The molecule has 0 radical (unpaired) electrons. The van der Waals surface area contributed by atoms with Crippen molar-refractivity contribution in [1.29, 1.82) is 0 Å². The third-order valence-corrected chi connectivity index (χ3v) is 11.3. The Morgan fingerprint density at radius 2 is 1.38 bits per heavy atom. The molecule has 0 aromatic heterocycles. The molecule has 0 nitrogen and oxygen atoms in total. The fraction of sp³-hybridized carbons (Fsp3) is 0.304. The Morgan fingerprint density at radius 3 is 2.15 bits per heavy atom. The molecule has 0 heterocycles. The van der Waals surface area contributed by atoms with Gasteiger partial charge in [-0.25, -0.2) is 0 Å². The van der Waals surface area contributed by atoms with Crippen LogP contribution < -0.4 is 24.8 Å². The van der Waals surface area contributed by atoms with Crippen LogP contribution in [0.25, 0.3) is 12.2 Å². The van der Waals surface area contributed by atoms with Gasteiger partial charge in [0.1, 0.15) is 0 Å². The Bertz CT molecular complexity index is 910. The minimum atomic E-state index is -0.640. The number of fused-ring (bicyclic) bond motifs is 3. The fourth-order valence-electron chi connectivity index (χ4n) is 4.70. The van der Waals surface area contributed by atoms with E-state index in [1.54, 1.807) is 33.4 Å². The minimum absolute atomic E-state index is 0. The molecule has 0 fully saturated rings. The van der Waals surface area contributed by atoms with E-state index < -0.39 is 23.2 Å². The van der Waals surface area contributed by atoms with Crippen molar-refractivity contribution in [2.24, 2.45) is 0 Å². The Morgan fingerprint density at radius 1 is 0.769 bits per heavy atom. The summed E-state index contributed by atoms with van der Waals surface area (Å²) in [6.45, 7) is 4.72. The summed E-state index contributed by atoms with van der Waals surface area (Å²) in [5.41, 5.74) is 12.7. The van der Waals surface area contributed by atoms with Gasteiger partial charge in [-0.05, 0) is 0 Å². The molecular weight excluding hydrogens is 438 g/mol. The van der Waals surface area contributed by atoms with Crippen LogP contribution >= 0.6 is 0 Å². The molecule has 0 bridgehead atoms. The first-order valence-electron chi connectivity index (χ1n) is 9.08. The second-order valence-electron chi connectivity index (χ2n) is 7.54. The van der Waals surface area contributed by atoms with Crippen LogP contribution in [0.5, 0.6) is 0 Å². The second-order valence-corrected chi connectivity index (χ2v) is 11.2. The van der Waals surface area contributed by atoms with Gasteiger partial charge in [0.2, 0.25) is 0 Å². The van der Waals surface area contributed by atoms with E-state index in [0.717, 1.165) is 7.25 Å². The van der Waals surface area contributed by atoms with E-state index >= 15 is 0 Å². The van der Waals surface area contributed by atoms with Crippen LogP contribution in [0.1, 0.15) is 60.9 Å². The van der Waals surface area contributed by atoms with Crippen LogP contribution in [0, 0.1) is 0 Å². The number of aryl methyl sites for hydroxylation is 2. The van der Waals surface area contributed by atoms with Gasteiger partial charge in [0.05, 0.1) is 0 Å². The van der Waals surface area contributed by atoms with Gasteiger partial charge in [-0.2, -0.15) is 0 Å². The van der Waals surface area contributed by atoms with Crippen molar-refractivity contribution in [2.45, 2.75) is 40.4 Å². The molecular formula is C23H22Cl2Zr. The van der Waals surface area contributed by atoms with Crippen LogP contribution in [-0.2, 0) is 36.1 Å². The molecule has 0 saturated carbocycles. The smallest absolute Gasteiger partial charge is 1.00 e. The summed E-state index contributed by atoms with van der Waals surface area (Å²) in [4.78, 5) is 0. The maximum absolute atomic E-state index is 2.58. The first-order valence-corrected chi connectivity index (χ1v) is 11.9. The summed E-state index contributed by atoms with van der Waals surface area (Å²) < 4.78 is 1.51. The molecule has 26 heavy (non-hydrogen) atoms. The number of hydrogen-bond donors (Lipinski definition) is 0. The van der Waals surface area contributed by atoms with Crippen LogP contribution in [0.3, 0.4) is 0 Å². The number of allylic oxidation sites excluding steroid dienone is 2. The average molecular weight is 461 g/mol. The van der Waals surface area contributed by atoms with E-state index in [-0.39, 0.29) is 24.8 Å². The van der Waals surface area contributed by atoms with Crippen molar-refractivity contribution < 1.29 is 48.0 Å². The molecule has 0 N–H and O–H groups in total. The molecule has 3 heteroatoms. The summed E-state index contributed by atoms with van der Waals surface area (Å²) in [5.74, 6) is 0. The topological polar surface area (TPSA) is 0 Å². The maximum Gasteiger partial charge on any atom is -1.00 e. The molecule has 0 spiro atoms. The predicted molar refractivity (Wildman–Crippen MR) is 97.7 cm³/mol. The normalized spacial score (nSPS) is 21.5. The van der Waals surface area contributed by atoms with Crippen LogP contribution in [-0.4, -0.2) is 0 Å². The predicted octanol–water partition coefficient (Wildman–Crippen LogP) is -0.118. The zero-order valence-corrected chi connectivity index (χ0v) is 19.1. The van der Waals surface area contributed by atoms with Gasteiger partial charge in [-0.3, -0.25) is 0 Å². The summed E-state index contributed by atoms with van der Waals surface area (Å²) >= 11 is -0.640. The standard InChI is InChI=1S/C13H13.C10H9.2ClH.Zr/c1-9-5-12-7-10-3-2-4-11(10)8-13(12)6-9;1-8-6-9-4-2-3-5-10(9)7-8;;;/h5-8H,2-4H2,1H3;2-7H,1H3;2*1H;/q;;;;+2/p-2. The maximum atomic E-state index is 2.58. The molecule has 2 atom stereocenters. The van der Waals surface area contributed by atoms with E-state index in [2.05, 4.69) is 62.4 Å². The van der Waals surface area contributed by atoms with Crippen LogP contribution in [0.2, 0.25) is 0 Å². The fourth-order valence-corrected chi connectivity index (χ4v) is 9.36. The third kappa shape index (κ3) is 3.21. The number of benzene rings is 2. The molecule has 0 saturated heterocycles. The van der Waals surface area contributed by atoms with Crippen molar-refractivity contribution in [3.8, 4) is 0 Å². The van der Waals surface area contributed by atoms with Crippen molar-refractivity contribution in [1.82, 2.24) is 0 Å². The Labute approximate surface area is 180 Å². The van der Waals surface area contributed by atoms with E-state index in [0.29, 0.717) is 0 Å². The largest absolute Gasteiger partial charge is 1.00 e. The summed E-state index contributed by atoms with van der Waals surface area (Å²) in [6, 6.07) is 14.1. The zero-order chi connectivity index (χ0) is 16.3. The van der Waals surface area contributed by atoms with Gasteiger partial charge >= 0.3 is 157 Å². The van der Waals surface area contributed by atoms with Gasteiger partial charge in [0.25, 0.3) is 0 Å². The molecule has 0 amide bonds. The summed E-state index contributed by atoms with van der Waals surface area (Å²) in [5, 5.41) is 0. The molecule has 2 unspecified atom stereocenters. The number of rotatable bonds is 2. The molecule has 2 aromatic rings. The zero-order valence-electron chi connectivity index (χ0n) is 15.2. The SMILES string of the molecule is CC1=Cc2ccccc2[CH]1[Zr+2][CH]1C(C)=Cc2cc3c(cc21)CCC3.[Cl-].[Cl-]. The summed E-state index contributed by atoms with van der Waals surface area (Å²) in [6.07, 6.45) is 8.85. The average Bonchev–Trinajstić information content (AvgIpc) is 3.23. The number of hydrogen-bond acceptors (Lipinski definition) is 0. The van der Waals surface area contributed by atoms with Gasteiger partial charge in [0, 0.05) is 0 Å². The Kier molecular flexibility index (Phi) is 6.03. The van der Waals surface area contributed by atoms with E-state index in [1.807, 2.05) is 0 Å². The molecule has 3 aliphatic carbocycles. The first-order chi connectivity index (χ1) is 11.7. The number of halogens is 2. The van der Waals surface area contributed by atoms with Crippen LogP contribution in [0.4, 0.5) is 0 Å². The van der Waals surface area contributed by atoms with Gasteiger partial charge in [-0.15, -0.1) is 0 Å². The van der Waals surface area contributed by atoms with Gasteiger partial charge in [-0.1, -0.05) is 0 Å². The van der Waals surface area contributed by atoms with Crippen molar-refractivity contribution in [3.05, 3.63) is 80.9 Å². The van der Waals surface area contributed by atoms with Gasteiger partial charge < -0.3 is 24.8 Å². The monoisotopic (exact) mass is 458 g/mol. The van der Waals surface area contributed by atoms with E-state index in [1.165, 1.54) is 30.4 Å². The van der Waals surface area contributed by atoms with Crippen LogP contribution in [0.15, 0.2) is 47.5 Å². The molecule has 2 aromatic carbocycles. The quantitative estimate of drug-likeness (QED) is 0.587. The molecule has 132 valence electrons. The van der Waals surface area contributed by atoms with E-state index in [9.17, 15) is 0 Å². The third-order valence-electron chi connectivity index (χ3n) is 5.93. The van der Waals surface area contributed by atoms with E-state index in [4.69, 9.17) is 0 Å². The van der Waals surface area contributed by atoms with Crippen molar-refractivity contribution >= 4 is 12.2 Å².